The van der Waals surface area contributed by atoms with Crippen LogP contribution in [0.1, 0.15) is 51.0 Å². The van der Waals surface area contributed by atoms with E-state index in [4.69, 9.17) is 14.5 Å². The molecule has 3 fully saturated rings. The first kappa shape index (κ1) is 32.2. The summed E-state index contributed by atoms with van der Waals surface area (Å²) in [5.41, 5.74) is 0.934. The Balaban J connectivity index is 1.28. The van der Waals surface area contributed by atoms with Gasteiger partial charge in [-0.3, -0.25) is 14.4 Å². The van der Waals surface area contributed by atoms with Crippen molar-refractivity contribution < 1.29 is 28.7 Å². The largest absolute Gasteiger partial charge is 0.466 e. The van der Waals surface area contributed by atoms with Crippen LogP contribution in [-0.4, -0.2) is 102 Å². The highest BCUT2D eigenvalue weighted by molar-refractivity contribution is 5.97. The van der Waals surface area contributed by atoms with Gasteiger partial charge in [0.25, 0.3) is 5.91 Å². The molecular formula is C33H44N6O6. The molecule has 0 radical (unpaired) electrons. The lowest BCUT2D eigenvalue weighted by molar-refractivity contribution is -0.145. The number of unbranched alkanes of at least 4 members (excludes halogenated alkanes) is 1. The van der Waals surface area contributed by atoms with Gasteiger partial charge in [0.2, 0.25) is 5.91 Å². The summed E-state index contributed by atoms with van der Waals surface area (Å²) in [6.07, 6.45) is 1.40. The molecule has 3 amide bonds. The monoisotopic (exact) mass is 620 g/mol. The minimum Gasteiger partial charge on any atom is -0.466 e. The molecule has 1 N–H and O–H groups in total. The number of benzene rings is 1. The molecule has 3 heterocycles. The van der Waals surface area contributed by atoms with Crippen LogP contribution in [0.25, 0.3) is 11.4 Å². The van der Waals surface area contributed by atoms with Gasteiger partial charge in [-0.15, -0.1) is 0 Å². The summed E-state index contributed by atoms with van der Waals surface area (Å²) in [6.45, 7) is 11.1. The normalized spacial score (nSPS) is 21.3. The number of piperazine rings is 1. The summed E-state index contributed by atoms with van der Waals surface area (Å²) in [4.78, 5) is 66.8. The molecule has 1 aromatic heterocycles. The molecule has 242 valence electrons. The Morgan fingerprint density at radius 2 is 1.60 bits per heavy atom. The first-order chi connectivity index (χ1) is 21.7. The number of nitrogens with zero attached hydrogens (tertiary/aromatic N) is 5. The van der Waals surface area contributed by atoms with Crippen LogP contribution >= 0.6 is 0 Å². The lowest BCUT2D eigenvalue weighted by atomic mass is 10.0. The Morgan fingerprint density at radius 1 is 0.933 bits per heavy atom. The maximum atomic E-state index is 13.7. The number of nitrogens with one attached hydrogen (secondary N) is 1. The predicted octanol–water partition coefficient (Wildman–Crippen LogP) is 3.22. The Labute approximate surface area is 264 Å². The molecule has 12 heteroatoms. The number of carbonyl (C=O) groups excluding carboxylic acids is 4. The maximum absolute atomic E-state index is 13.7. The molecule has 5 rings (SSSR count). The fourth-order valence-corrected chi connectivity index (χ4v) is 6.16. The van der Waals surface area contributed by atoms with Crippen molar-refractivity contribution in [1.29, 1.82) is 0 Å². The average molecular weight is 621 g/mol. The summed E-state index contributed by atoms with van der Waals surface area (Å²) in [7, 11) is 0. The van der Waals surface area contributed by atoms with Crippen molar-refractivity contribution in [2.45, 2.75) is 46.6 Å². The molecule has 2 aliphatic heterocycles. The number of piperidine rings is 1. The van der Waals surface area contributed by atoms with Gasteiger partial charge in [-0.25, -0.2) is 14.8 Å². The SMILES string of the molecule is CCCCOC(=O)N1CCN(C(=O)[C@@H](NC(=O)c2cc(N3CC4C(C3)C4C(=O)OCC)nc(-c3ccccc3)n2)C(C)C)CC1. The van der Waals surface area contributed by atoms with Crippen LogP contribution in [0, 0.1) is 23.7 Å². The molecule has 2 aromatic rings. The van der Waals surface area contributed by atoms with E-state index in [9.17, 15) is 19.2 Å². The van der Waals surface area contributed by atoms with Gasteiger partial charge in [-0.2, -0.15) is 0 Å². The van der Waals surface area contributed by atoms with Crippen LogP contribution in [0.2, 0.25) is 0 Å². The van der Waals surface area contributed by atoms with E-state index in [0.29, 0.717) is 64.1 Å². The molecule has 3 atom stereocenters. The summed E-state index contributed by atoms with van der Waals surface area (Å²) < 4.78 is 10.6. The van der Waals surface area contributed by atoms with Gasteiger partial charge >= 0.3 is 12.1 Å². The second-order valence-electron chi connectivity index (χ2n) is 12.3. The Bertz CT molecular complexity index is 1370. The van der Waals surface area contributed by atoms with Crippen LogP contribution in [0.4, 0.5) is 10.6 Å². The first-order valence-electron chi connectivity index (χ1n) is 16.1. The summed E-state index contributed by atoms with van der Waals surface area (Å²) in [5.74, 6) is 0.376. The average Bonchev–Trinajstić information content (AvgIpc) is 3.56. The van der Waals surface area contributed by atoms with E-state index < -0.39 is 11.9 Å². The van der Waals surface area contributed by atoms with Crippen molar-refractivity contribution >= 4 is 29.7 Å². The number of aromatic nitrogens is 2. The molecule has 0 spiro atoms. The number of esters is 1. The molecule has 1 saturated carbocycles. The van der Waals surface area contributed by atoms with Crippen molar-refractivity contribution in [3.63, 3.8) is 0 Å². The fraction of sp³-hybridized carbons (Fsp3) is 0.576. The van der Waals surface area contributed by atoms with Gasteiger partial charge in [-0.1, -0.05) is 57.5 Å². The van der Waals surface area contributed by atoms with Crippen molar-refractivity contribution in [3.8, 4) is 11.4 Å². The van der Waals surface area contributed by atoms with Crippen LogP contribution in [0.3, 0.4) is 0 Å². The number of amides is 3. The highest BCUT2D eigenvalue weighted by atomic mass is 16.6. The number of hydrogen-bond acceptors (Lipinski definition) is 9. The van der Waals surface area contributed by atoms with E-state index in [1.807, 2.05) is 58.0 Å². The zero-order chi connectivity index (χ0) is 32.1. The van der Waals surface area contributed by atoms with Gasteiger partial charge in [0.15, 0.2) is 5.82 Å². The summed E-state index contributed by atoms with van der Waals surface area (Å²) >= 11 is 0. The van der Waals surface area contributed by atoms with Gasteiger partial charge in [0.05, 0.1) is 19.1 Å². The van der Waals surface area contributed by atoms with Crippen LogP contribution in [0.15, 0.2) is 36.4 Å². The van der Waals surface area contributed by atoms with E-state index in [1.165, 1.54) is 0 Å². The van der Waals surface area contributed by atoms with E-state index in [-0.39, 0.29) is 47.3 Å². The molecule has 2 saturated heterocycles. The quantitative estimate of drug-likeness (QED) is 0.297. The van der Waals surface area contributed by atoms with Crippen LogP contribution in [-0.2, 0) is 19.1 Å². The Hall–Kier alpha value is -4.22. The van der Waals surface area contributed by atoms with Gasteiger partial charge in [0, 0.05) is 50.9 Å². The molecule has 0 bridgehead atoms. The van der Waals surface area contributed by atoms with E-state index in [2.05, 4.69) is 15.2 Å². The second-order valence-corrected chi connectivity index (χ2v) is 12.3. The van der Waals surface area contributed by atoms with E-state index in [1.54, 1.807) is 15.9 Å². The van der Waals surface area contributed by atoms with Gasteiger partial charge in [0.1, 0.15) is 17.6 Å². The zero-order valence-corrected chi connectivity index (χ0v) is 26.6. The molecule has 1 aromatic carbocycles. The van der Waals surface area contributed by atoms with Crippen molar-refractivity contribution in [3.05, 3.63) is 42.1 Å². The third-order valence-corrected chi connectivity index (χ3v) is 8.85. The van der Waals surface area contributed by atoms with Gasteiger partial charge < -0.3 is 29.5 Å². The Kier molecular flexibility index (Phi) is 10.2. The minimum absolute atomic E-state index is 0.0780. The topological polar surface area (TPSA) is 134 Å². The highest BCUT2D eigenvalue weighted by Gasteiger charge is 2.60. The third-order valence-electron chi connectivity index (χ3n) is 8.85. The minimum atomic E-state index is -0.774. The molecule has 2 unspecified atom stereocenters. The summed E-state index contributed by atoms with van der Waals surface area (Å²) in [5, 5.41) is 2.94. The second kappa shape index (κ2) is 14.3. The van der Waals surface area contributed by atoms with Crippen molar-refractivity contribution in [2.24, 2.45) is 23.7 Å². The van der Waals surface area contributed by atoms with E-state index >= 15 is 0 Å². The maximum Gasteiger partial charge on any atom is 0.409 e. The number of carbonyl (C=O) groups is 4. The number of hydrogen-bond donors (Lipinski definition) is 1. The Morgan fingerprint density at radius 3 is 2.22 bits per heavy atom. The number of ether oxygens (including phenoxy) is 2. The van der Waals surface area contributed by atoms with Gasteiger partial charge in [-0.05, 0) is 31.1 Å². The molecule has 12 nitrogen and oxygen atoms in total. The lowest BCUT2D eigenvalue weighted by Gasteiger charge is -2.36. The molecule has 45 heavy (non-hydrogen) atoms. The number of fused-ring (bicyclic) bond motifs is 1. The van der Waals surface area contributed by atoms with Crippen LogP contribution in [0.5, 0.6) is 0 Å². The fourth-order valence-electron chi connectivity index (χ4n) is 6.16. The number of anilines is 1. The predicted molar refractivity (Wildman–Crippen MR) is 167 cm³/mol. The summed E-state index contributed by atoms with van der Waals surface area (Å²) in [6, 6.07) is 10.3. The smallest absolute Gasteiger partial charge is 0.409 e. The third kappa shape index (κ3) is 7.37. The lowest BCUT2D eigenvalue weighted by Crippen LogP contribution is -2.57. The van der Waals surface area contributed by atoms with E-state index in [0.717, 1.165) is 18.4 Å². The van der Waals surface area contributed by atoms with Crippen LogP contribution < -0.4 is 10.2 Å². The molecular weight excluding hydrogens is 576 g/mol. The van der Waals surface area contributed by atoms with Crippen molar-refractivity contribution in [1.82, 2.24) is 25.1 Å². The standard InChI is InChI=1S/C33H44N6O6/c1-5-7-17-45-33(43)38-15-13-37(14-16-38)31(41)28(21(3)4)36-30(40)25-18-26(35-29(34-25)22-11-9-8-10-12-22)39-19-23-24(20-39)27(23)32(42)44-6-2/h8-12,18,21,23-24,27-28H,5-7,13-17,19-20H2,1-4H3,(H,36,40)/t23?,24?,27?,28-/m0/s1. The zero-order valence-electron chi connectivity index (χ0n) is 26.6. The van der Waals surface area contributed by atoms with Crippen molar-refractivity contribution in [2.75, 3.05) is 57.4 Å². The molecule has 3 aliphatic rings. The molecule has 1 aliphatic carbocycles. The number of rotatable bonds is 11. The first-order valence-corrected chi connectivity index (χ1v) is 16.1. The highest BCUT2D eigenvalue weighted by Crippen LogP contribution is 2.53.